The van der Waals surface area contributed by atoms with Crippen molar-refractivity contribution in [1.29, 1.82) is 0 Å². The van der Waals surface area contributed by atoms with E-state index in [2.05, 4.69) is 32.6 Å². The van der Waals surface area contributed by atoms with Crippen molar-refractivity contribution < 1.29 is 0 Å². The number of nitrogens with zero attached hydrogens (tertiary/aromatic N) is 1. The zero-order chi connectivity index (χ0) is 13.6. The lowest BCUT2D eigenvalue weighted by molar-refractivity contribution is 0.243. The van der Waals surface area contributed by atoms with Crippen molar-refractivity contribution in [3.8, 4) is 0 Å². The van der Waals surface area contributed by atoms with Crippen molar-refractivity contribution in [3.05, 3.63) is 0 Å². The summed E-state index contributed by atoms with van der Waals surface area (Å²) >= 11 is 0. The molecule has 2 N–H and O–H groups in total. The Morgan fingerprint density at radius 2 is 1.94 bits per heavy atom. The van der Waals surface area contributed by atoms with Gasteiger partial charge in [0, 0.05) is 0 Å². The maximum absolute atomic E-state index is 5.79. The Kier molecular flexibility index (Phi) is 6.65. The van der Waals surface area contributed by atoms with Crippen molar-refractivity contribution in [3.63, 3.8) is 0 Å². The number of nitrogens with two attached hydrogens (primary N) is 1. The Balaban J connectivity index is 2.23. The molecule has 0 aromatic heterocycles. The first-order chi connectivity index (χ1) is 8.44. The normalized spacial score (nSPS) is 23.3. The van der Waals surface area contributed by atoms with E-state index in [1.54, 1.807) is 0 Å². The number of likely N-dealkylation sites (tertiary alicyclic amines) is 1. The van der Waals surface area contributed by atoms with Gasteiger partial charge >= 0.3 is 0 Å². The smallest absolute Gasteiger partial charge is 0.00160 e. The Labute approximate surface area is 114 Å². The van der Waals surface area contributed by atoms with E-state index in [0.717, 1.165) is 18.4 Å². The molecule has 0 amide bonds. The molecule has 2 nitrogen and oxygen atoms in total. The second-order valence-corrected chi connectivity index (χ2v) is 7.25. The van der Waals surface area contributed by atoms with Crippen LogP contribution in [0.2, 0.25) is 0 Å². The Morgan fingerprint density at radius 3 is 2.56 bits per heavy atom. The van der Waals surface area contributed by atoms with Gasteiger partial charge in [0.25, 0.3) is 0 Å². The number of hydrogen-bond acceptors (Lipinski definition) is 2. The SMILES string of the molecule is CC(C)C1CCCN(CCCC(C)(C)CN)CC1. The highest BCUT2D eigenvalue weighted by atomic mass is 15.1. The van der Waals surface area contributed by atoms with E-state index in [-0.39, 0.29) is 0 Å². The van der Waals surface area contributed by atoms with Crippen LogP contribution in [0.3, 0.4) is 0 Å². The number of hydrogen-bond donors (Lipinski definition) is 1. The molecule has 0 aliphatic carbocycles. The molecule has 2 heteroatoms. The van der Waals surface area contributed by atoms with Crippen molar-refractivity contribution in [2.45, 2.75) is 59.8 Å². The first kappa shape index (κ1) is 16.0. The molecule has 1 aliphatic heterocycles. The van der Waals surface area contributed by atoms with Gasteiger partial charge in [-0.3, -0.25) is 0 Å². The molecule has 0 aromatic rings. The first-order valence-corrected chi connectivity index (χ1v) is 7.87. The summed E-state index contributed by atoms with van der Waals surface area (Å²) in [5.74, 6) is 1.82. The molecule has 1 heterocycles. The third kappa shape index (κ3) is 5.71. The van der Waals surface area contributed by atoms with Gasteiger partial charge in [-0.2, -0.15) is 0 Å². The van der Waals surface area contributed by atoms with Gasteiger partial charge in [0.05, 0.1) is 0 Å². The molecule has 0 aromatic carbocycles. The van der Waals surface area contributed by atoms with Crippen LogP contribution in [0.15, 0.2) is 0 Å². The van der Waals surface area contributed by atoms with Crippen molar-refractivity contribution >= 4 is 0 Å². The second kappa shape index (κ2) is 7.49. The zero-order valence-corrected chi connectivity index (χ0v) is 13.0. The summed E-state index contributed by atoms with van der Waals surface area (Å²) < 4.78 is 0. The fourth-order valence-electron chi connectivity index (χ4n) is 2.96. The van der Waals surface area contributed by atoms with E-state index in [1.807, 2.05) is 0 Å². The lowest BCUT2D eigenvalue weighted by atomic mass is 9.88. The van der Waals surface area contributed by atoms with Crippen molar-refractivity contribution in [2.24, 2.45) is 23.0 Å². The first-order valence-electron chi connectivity index (χ1n) is 7.87. The van der Waals surface area contributed by atoms with Gasteiger partial charge in [0.2, 0.25) is 0 Å². The predicted molar refractivity (Wildman–Crippen MR) is 80.7 cm³/mol. The molecule has 0 spiro atoms. The number of rotatable bonds is 6. The average Bonchev–Trinajstić information content (AvgIpc) is 2.54. The van der Waals surface area contributed by atoms with Crippen LogP contribution in [0.25, 0.3) is 0 Å². The standard InChI is InChI=1S/C16H34N2/c1-14(2)15-7-5-10-18(12-8-15)11-6-9-16(3,4)13-17/h14-15H,5-13,17H2,1-4H3. The van der Waals surface area contributed by atoms with Crippen LogP contribution in [0.1, 0.15) is 59.8 Å². The zero-order valence-electron chi connectivity index (χ0n) is 13.0. The molecule has 0 bridgehead atoms. The largest absolute Gasteiger partial charge is 0.330 e. The molecule has 0 radical (unpaired) electrons. The van der Waals surface area contributed by atoms with Crippen molar-refractivity contribution in [1.82, 2.24) is 4.90 Å². The summed E-state index contributed by atoms with van der Waals surface area (Å²) in [6.07, 6.45) is 6.79. The fourth-order valence-corrected chi connectivity index (χ4v) is 2.96. The van der Waals surface area contributed by atoms with Crippen LogP contribution in [0, 0.1) is 17.3 Å². The van der Waals surface area contributed by atoms with Crippen LogP contribution in [0.5, 0.6) is 0 Å². The van der Waals surface area contributed by atoms with Crippen LogP contribution < -0.4 is 5.73 Å². The predicted octanol–water partition coefficient (Wildman–Crippen LogP) is 3.51. The van der Waals surface area contributed by atoms with Gasteiger partial charge in [0.15, 0.2) is 0 Å². The highest BCUT2D eigenvalue weighted by Gasteiger charge is 2.20. The lowest BCUT2D eigenvalue weighted by Gasteiger charge is -2.25. The highest BCUT2D eigenvalue weighted by Crippen LogP contribution is 2.25. The minimum absolute atomic E-state index is 0.326. The van der Waals surface area contributed by atoms with Crippen LogP contribution >= 0.6 is 0 Å². The lowest BCUT2D eigenvalue weighted by Crippen LogP contribution is -2.29. The second-order valence-electron chi connectivity index (χ2n) is 7.25. The molecule has 1 unspecified atom stereocenters. The third-order valence-electron chi connectivity index (χ3n) is 4.69. The van der Waals surface area contributed by atoms with Gasteiger partial charge in [-0.1, -0.05) is 27.7 Å². The minimum atomic E-state index is 0.326. The summed E-state index contributed by atoms with van der Waals surface area (Å²) in [7, 11) is 0. The van der Waals surface area contributed by atoms with Crippen LogP contribution in [0.4, 0.5) is 0 Å². The molecule has 18 heavy (non-hydrogen) atoms. The summed E-state index contributed by atoms with van der Waals surface area (Å²) in [5, 5.41) is 0. The molecule has 1 aliphatic rings. The summed E-state index contributed by atoms with van der Waals surface area (Å²) in [5.41, 5.74) is 6.11. The van der Waals surface area contributed by atoms with Crippen molar-refractivity contribution in [2.75, 3.05) is 26.2 Å². The Bertz CT molecular complexity index is 223. The Morgan fingerprint density at radius 1 is 1.22 bits per heavy atom. The molecular formula is C16H34N2. The van der Waals surface area contributed by atoms with Gasteiger partial charge in [-0.25, -0.2) is 0 Å². The summed E-state index contributed by atoms with van der Waals surface area (Å²) in [6, 6.07) is 0. The van der Waals surface area contributed by atoms with Gasteiger partial charge in [-0.15, -0.1) is 0 Å². The summed E-state index contributed by atoms with van der Waals surface area (Å²) in [4.78, 5) is 2.68. The van der Waals surface area contributed by atoms with Crippen LogP contribution in [-0.2, 0) is 0 Å². The third-order valence-corrected chi connectivity index (χ3v) is 4.69. The molecule has 108 valence electrons. The van der Waals surface area contributed by atoms with E-state index in [1.165, 1.54) is 51.7 Å². The van der Waals surface area contributed by atoms with E-state index >= 15 is 0 Å². The average molecular weight is 254 g/mol. The maximum atomic E-state index is 5.79. The maximum Gasteiger partial charge on any atom is -0.00160 e. The molecule has 1 fully saturated rings. The summed E-state index contributed by atoms with van der Waals surface area (Å²) in [6.45, 7) is 14.0. The van der Waals surface area contributed by atoms with E-state index in [9.17, 15) is 0 Å². The van der Waals surface area contributed by atoms with Gasteiger partial charge < -0.3 is 10.6 Å². The molecule has 1 saturated heterocycles. The van der Waals surface area contributed by atoms with Crippen LogP contribution in [-0.4, -0.2) is 31.1 Å². The quantitative estimate of drug-likeness (QED) is 0.786. The molecular weight excluding hydrogens is 220 g/mol. The Hall–Kier alpha value is -0.0800. The monoisotopic (exact) mass is 254 g/mol. The molecule has 0 saturated carbocycles. The highest BCUT2D eigenvalue weighted by molar-refractivity contribution is 4.74. The van der Waals surface area contributed by atoms with E-state index < -0.39 is 0 Å². The van der Waals surface area contributed by atoms with E-state index in [4.69, 9.17) is 5.73 Å². The van der Waals surface area contributed by atoms with Gasteiger partial charge in [-0.05, 0) is 75.5 Å². The molecule has 1 rings (SSSR count). The topological polar surface area (TPSA) is 29.3 Å². The fraction of sp³-hybridized carbons (Fsp3) is 1.00. The molecule has 1 atom stereocenters. The van der Waals surface area contributed by atoms with E-state index in [0.29, 0.717) is 5.41 Å². The minimum Gasteiger partial charge on any atom is -0.330 e. The van der Waals surface area contributed by atoms with Gasteiger partial charge in [0.1, 0.15) is 0 Å².